The number of likely N-dealkylation sites (N-methyl/N-ethyl adjacent to an activating group) is 1. The summed E-state index contributed by atoms with van der Waals surface area (Å²) >= 11 is 0. The number of hydrogen-bond acceptors (Lipinski definition) is 5. The van der Waals surface area contributed by atoms with Crippen LogP contribution in [-0.2, 0) is 19.1 Å². The first kappa shape index (κ1) is 17.9. The maximum absolute atomic E-state index is 12.1. The molecule has 0 aromatic heterocycles. The fourth-order valence-corrected chi connectivity index (χ4v) is 2.43. The molecule has 0 bridgehead atoms. The third-order valence-corrected chi connectivity index (χ3v) is 3.70. The molecule has 7 heteroatoms. The van der Waals surface area contributed by atoms with Crippen LogP contribution in [0.3, 0.4) is 0 Å². The number of morpholine rings is 1. The molecule has 2 amide bonds. The second kappa shape index (κ2) is 8.44. The molecule has 1 saturated heterocycles. The summed E-state index contributed by atoms with van der Waals surface area (Å²) in [5.41, 5.74) is 0.961. The lowest BCUT2D eigenvalue weighted by Crippen LogP contribution is -2.48. The van der Waals surface area contributed by atoms with Crippen molar-refractivity contribution in [3.8, 4) is 0 Å². The Hall–Kier alpha value is -2.41. The number of nitrogens with one attached hydrogen (secondary N) is 1. The summed E-state index contributed by atoms with van der Waals surface area (Å²) in [5.74, 6) is -0.872. The first-order chi connectivity index (χ1) is 11.5. The number of esters is 1. The molecule has 0 spiro atoms. The molecule has 0 radical (unpaired) electrons. The Bertz CT molecular complexity index is 600. The Labute approximate surface area is 140 Å². The molecular weight excluding hydrogens is 312 g/mol. The number of amides is 2. The van der Waals surface area contributed by atoms with Crippen LogP contribution in [0.25, 0.3) is 0 Å². The van der Waals surface area contributed by atoms with E-state index in [1.807, 2.05) is 6.92 Å². The summed E-state index contributed by atoms with van der Waals surface area (Å²) in [5, 5.41) is 2.70. The van der Waals surface area contributed by atoms with Gasteiger partial charge in [0.2, 0.25) is 5.91 Å². The summed E-state index contributed by atoms with van der Waals surface area (Å²) in [7, 11) is 0. The van der Waals surface area contributed by atoms with Gasteiger partial charge in [-0.2, -0.15) is 0 Å². The van der Waals surface area contributed by atoms with Crippen molar-refractivity contribution in [3.63, 3.8) is 0 Å². The zero-order valence-electron chi connectivity index (χ0n) is 13.9. The smallest absolute Gasteiger partial charge is 0.338 e. The van der Waals surface area contributed by atoms with Gasteiger partial charge in [-0.05, 0) is 38.1 Å². The van der Waals surface area contributed by atoms with Crippen molar-refractivity contribution in [2.24, 2.45) is 0 Å². The van der Waals surface area contributed by atoms with Gasteiger partial charge in [-0.15, -0.1) is 0 Å². The van der Waals surface area contributed by atoms with E-state index < -0.39 is 12.1 Å². The van der Waals surface area contributed by atoms with Gasteiger partial charge in [0, 0.05) is 18.8 Å². The van der Waals surface area contributed by atoms with Crippen molar-refractivity contribution in [1.82, 2.24) is 4.90 Å². The summed E-state index contributed by atoms with van der Waals surface area (Å²) in [6.45, 7) is 5.54. The van der Waals surface area contributed by atoms with Crippen LogP contribution in [0.1, 0.15) is 30.6 Å². The van der Waals surface area contributed by atoms with Gasteiger partial charge in [0.25, 0.3) is 5.91 Å². The van der Waals surface area contributed by atoms with Crippen LogP contribution in [0.4, 0.5) is 5.69 Å². The highest BCUT2D eigenvalue weighted by atomic mass is 16.5. The lowest BCUT2D eigenvalue weighted by atomic mass is 10.1. The largest absolute Gasteiger partial charge is 0.462 e. The van der Waals surface area contributed by atoms with Crippen LogP contribution in [0.2, 0.25) is 0 Å². The molecule has 2 rings (SSSR count). The van der Waals surface area contributed by atoms with E-state index in [0.29, 0.717) is 37.6 Å². The van der Waals surface area contributed by atoms with Crippen LogP contribution in [0.15, 0.2) is 24.3 Å². The summed E-state index contributed by atoms with van der Waals surface area (Å²) in [6, 6.07) is 6.39. The Kier molecular flexibility index (Phi) is 6.31. The summed E-state index contributed by atoms with van der Waals surface area (Å²) < 4.78 is 10.3. The van der Waals surface area contributed by atoms with Gasteiger partial charge in [-0.3, -0.25) is 9.59 Å². The first-order valence-electron chi connectivity index (χ1n) is 8.02. The SMILES string of the molecule is CCOC(=O)c1ccc(NC(=O)C[C@H]2OCCN(CC)C2=O)cc1. The summed E-state index contributed by atoms with van der Waals surface area (Å²) in [4.78, 5) is 37.4. The van der Waals surface area contributed by atoms with Gasteiger partial charge in [-0.1, -0.05) is 0 Å². The molecule has 1 aliphatic rings. The lowest BCUT2D eigenvalue weighted by molar-refractivity contribution is -0.154. The number of ether oxygens (including phenoxy) is 2. The zero-order valence-corrected chi connectivity index (χ0v) is 13.9. The molecule has 1 fully saturated rings. The van der Waals surface area contributed by atoms with Gasteiger partial charge >= 0.3 is 5.97 Å². The average Bonchev–Trinajstić information content (AvgIpc) is 2.57. The first-order valence-corrected chi connectivity index (χ1v) is 8.02. The fourth-order valence-electron chi connectivity index (χ4n) is 2.43. The van der Waals surface area contributed by atoms with Crippen molar-refractivity contribution < 1.29 is 23.9 Å². The van der Waals surface area contributed by atoms with Gasteiger partial charge in [0.1, 0.15) is 6.10 Å². The standard InChI is InChI=1S/C17H22N2O5/c1-3-19-9-10-24-14(16(19)21)11-15(20)18-13-7-5-12(6-8-13)17(22)23-4-2/h5-8,14H,3-4,9-11H2,1-2H3,(H,18,20)/t14-/m1/s1. The van der Waals surface area contributed by atoms with Crippen LogP contribution < -0.4 is 5.32 Å². The minimum absolute atomic E-state index is 0.0328. The average molecular weight is 334 g/mol. The highest BCUT2D eigenvalue weighted by Gasteiger charge is 2.30. The minimum Gasteiger partial charge on any atom is -0.462 e. The molecule has 1 aromatic carbocycles. The van der Waals surface area contributed by atoms with Crippen LogP contribution in [-0.4, -0.2) is 55.1 Å². The van der Waals surface area contributed by atoms with E-state index >= 15 is 0 Å². The molecule has 1 atom stereocenters. The van der Waals surface area contributed by atoms with Gasteiger partial charge in [0.05, 0.1) is 25.2 Å². The number of anilines is 1. The van der Waals surface area contributed by atoms with Crippen molar-refractivity contribution in [3.05, 3.63) is 29.8 Å². The molecule has 0 aliphatic carbocycles. The van der Waals surface area contributed by atoms with Gasteiger partial charge < -0.3 is 19.7 Å². The molecule has 130 valence electrons. The van der Waals surface area contributed by atoms with E-state index in [1.165, 1.54) is 0 Å². The Morgan fingerprint density at radius 2 is 2.00 bits per heavy atom. The van der Waals surface area contributed by atoms with E-state index in [2.05, 4.69) is 5.32 Å². The van der Waals surface area contributed by atoms with Gasteiger partial charge in [0.15, 0.2) is 0 Å². The van der Waals surface area contributed by atoms with E-state index in [0.717, 1.165) is 0 Å². The van der Waals surface area contributed by atoms with Crippen LogP contribution in [0, 0.1) is 0 Å². The zero-order chi connectivity index (χ0) is 17.5. The van der Waals surface area contributed by atoms with Crippen molar-refractivity contribution in [2.45, 2.75) is 26.4 Å². The van der Waals surface area contributed by atoms with Crippen molar-refractivity contribution in [2.75, 3.05) is 31.6 Å². The van der Waals surface area contributed by atoms with E-state index in [4.69, 9.17) is 9.47 Å². The number of carbonyl (C=O) groups excluding carboxylic acids is 3. The minimum atomic E-state index is -0.738. The molecule has 0 saturated carbocycles. The lowest BCUT2D eigenvalue weighted by Gasteiger charge is -2.31. The third-order valence-electron chi connectivity index (χ3n) is 3.70. The third kappa shape index (κ3) is 4.55. The maximum atomic E-state index is 12.1. The Morgan fingerprint density at radius 3 is 2.62 bits per heavy atom. The van der Waals surface area contributed by atoms with Crippen molar-refractivity contribution >= 4 is 23.5 Å². The number of benzene rings is 1. The Balaban J connectivity index is 1.90. The second-order valence-electron chi connectivity index (χ2n) is 5.33. The predicted octanol–water partition coefficient (Wildman–Crippen LogP) is 1.44. The number of nitrogens with zero attached hydrogens (tertiary/aromatic N) is 1. The fraction of sp³-hybridized carbons (Fsp3) is 0.471. The molecule has 1 aliphatic heterocycles. The molecule has 0 unspecified atom stereocenters. The maximum Gasteiger partial charge on any atom is 0.338 e. The van der Waals surface area contributed by atoms with Crippen LogP contribution in [0.5, 0.6) is 0 Å². The van der Waals surface area contributed by atoms with E-state index in [9.17, 15) is 14.4 Å². The molecule has 1 N–H and O–H groups in total. The van der Waals surface area contributed by atoms with Crippen LogP contribution >= 0.6 is 0 Å². The summed E-state index contributed by atoms with van der Waals surface area (Å²) in [6.07, 6.45) is -0.771. The van der Waals surface area contributed by atoms with Gasteiger partial charge in [-0.25, -0.2) is 4.79 Å². The predicted molar refractivity (Wildman–Crippen MR) is 87.6 cm³/mol. The number of hydrogen-bond donors (Lipinski definition) is 1. The quantitative estimate of drug-likeness (QED) is 0.796. The number of rotatable bonds is 6. The highest BCUT2D eigenvalue weighted by molar-refractivity contribution is 5.96. The second-order valence-corrected chi connectivity index (χ2v) is 5.33. The van der Waals surface area contributed by atoms with E-state index in [-0.39, 0.29) is 18.2 Å². The van der Waals surface area contributed by atoms with E-state index in [1.54, 1.807) is 36.1 Å². The molecule has 1 aromatic rings. The normalized spacial score (nSPS) is 17.5. The molecule has 24 heavy (non-hydrogen) atoms. The molecule has 1 heterocycles. The highest BCUT2D eigenvalue weighted by Crippen LogP contribution is 2.14. The van der Waals surface area contributed by atoms with Crippen molar-refractivity contribution in [1.29, 1.82) is 0 Å². The monoisotopic (exact) mass is 334 g/mol. The molecule has 7 nitrogen and oxygen atoms in total. The Morgan fingerprint density at radius 1 is 1.29 bits per heavy atom. The topological polar surface area (TPSA) is 84.9 Å². The molecular formula is C17H22N2O5. The number of carbonyl (C=O) groups is 3.